The molecule has 0 radical (unpaired) electrons. The fourth-order valence-corrected chi connectivity index (χ4v) is 3.73. The van der Waals surface area contributed by atoms with E-state index in [4.69, 9.17) is 20.8 Å². The molecule has 150 valence electrons. The summed E-state index contributed by atoms with van der Waals surface area (Å²) in [5, 5.41) is 6.49. The van der Waals surface area contributed by atoms with Crippen molar-refractivity contribution in [3.8, 4) is 0 Å². The van der Waals surface area contributed by atoms with Gasteiger partial charge in [0.05, 0.1) is 18.4 Å². The van der Waals surface area contributed by atoms with Crippen LogP contribution in [-0.2, 0) is 14.3 Å². The number of halogens is 1. The number of furan rings is 1. The van der Waals surface area contributed by atoms with Crippen LogP contribution in [0.2, 0.25) is 5.02 Å². The van der Waals surface area contributed by atoms with E-state index in [-0.39, 0.29) is 30.4 Å². The van der Waals surface area contributed by atoms with Gasteiger partial charge in [-0.25, -0.2) is 5.01 Å². The molecule has 29 heavy (non-hydrogen) atoms. The number of hydrogen-bond acceptors (Lipinski definition) is 5. The van der Waals surface area contributed by atoms with Crippen LogP contribution in [0.1, 0.15) is 43.0 Å². The van der Waals surface area contributed by atoms with E-state index in [1.165, 1.54) is 5.01 Å². The Kier molecular flexibility index (Phi) is 5.81. The van der Waals surface area contributed by atoms with Crippen molar-refractivity contribution in [1.29, 1.82) is 0 Å². The first-order valence-corrected chi connectivity index (χ1v) is 9.99. The lowest BCUT2D eigenvalue weighted by Gasteiger charge is -2.19. The summed E-state index contributed by atoms with van der Waals surface area (Å²) in [4.78, 5) is 24.8. The number of hydrogen-bond donors (Lipinski definition) is 0. The van der Waals surface area contributed by atoms with Crippen LogP contribution in [0.5, 0.6) is 0 Å². The van der Waals surface area contributed by atoms with E-state index >= 15 is 0 Å². The van der Waals surface area contributed by atoms with Crippen LogP contribution >= 0.6 is 11.6 Å². The van der Waals surface area contributed by atoms with E-state index in [0.29, 0.717) is 23.6 Å². The molecule has 0 spiro atoms. The highest BCUT2D eigenvalue weighted by Crippen LogP contribution is 2.33. The maximum absolute atomic E-state index is 12.8. The minimum absolute atomic E-state index is 0.204. The number of nitrogens with zero attached hydrogens (tertiary/aromatic N) is 2. The Morgan fingerprint density at radius 3 is 2.76 bits per heavy atom. The van der Waals surface area contributed by atoms with E-state index in [2.05, 4.69) is 11.2 Å². The van der Waals surface area contributed by atoms with Gasteiger partial charge in [-0.3, -0.25) is 9.59 Å². The average Bonchev–Trinajstić information content (AvgIpc) is 3.47. The van der Waals surface area contributed by atoms with Gasteiger partial charge in [0.15, 0.2) is 6.61 Å². The number of esters is 1. The minimum atomic E-state index is -0.384. The molecule has 1 aromatic heterocycles. The average molecular weight is 413 g/mol. The van der Waals surface area contributed by atoms with Crippen LogP contribution < -0.4 is 0 Å². The number of allylic oxidation sites excluding steroid dienone is 2. The third kappa shape index (κ3) is 4.59. The largest absolute Gasteiger partial charge is 0.467 e. The van der Waals surface area contributed by atoms with Crippen molar-refractivity contribution in [3.63, 3.8) is 0 Å². The number of amides is 1. The molecular formula is C22H21ClN2O4. The predicted octanol–water partition coefficient (Wildman–Crippen LogP) is 4.51. The quantitative estimate of drug-likeness (QED) is 0.517. The van der Waals surface area contributed by atoms with Gasteiger partial charge in [0.1, 0.15) is 11.8 Å². The maximum atomic E-state index is 12.8. The Labute approximate surface area is 173 Å². The predicted molar refractivity (Wildman–Crippen MR) is 108 cm³/mol. The molecule has 1 aromatic carbocycles. The minimum Gasteiger partial charge on any atom is -0.467 e. The lowest BCUT2D eigenvalue weighted by molar-refractivity contribution is -0.153. The highest BCUT2D eigenvalue weighted by Gasteiger charge is 2.35. The molecule has 2 heterocycles. The SMILES string of the molecule is O=C(C[C@@H]1C=CCC1)OCC(=O)N1N=C(c2ccc(Cl)cc2)C[C@H]1c1ccco1. The maximum Gasteiger partial charge on any atom is 0.306 e. The van der Waals surface area contributed by atoms with E-state index in [0.717, 1.165) is 24.1 Å². The van der Waals surface area contributed by atoms with Gasteiger partial charge in [0, 0.05) is 11.4 Å². The molecule has 4 rings (SSSR count). The van der Waals surface area contributed by atoms with Gasteiger partial charge < -0.3 is 9.15 Å². The number of hydrazone groups is 1. The molecule has 2 aliphatic rings. The van der Waals surface area contributed by atoms with Gasteiger partial charge >= 0.3 is 5.97 Å². The zero-order valence-electron chi connectivity index (χ0n) is 15.8. The molecule has 1 amide bonds. The van der Waals surface area contributed by atoms with Crippen molar-refractivity contribution >= 4 is 29.2 Å². The second-order valence-corrected chi connectivity index (χ2v) is 7.59. The van der Waals surface area contributed by atoms with Gasteiger partial charge in [-0.05, 0) is 48.6 Å². The van der Waals surface area contributed by atoms with Crippen molar-refractivity contribution < 1.29 is 18.7 Å². The van der Waals surface area contributed by atoms with Gasteiger partial charge in [0.25, 0.3) is 5.91 Å². The van der Waals surface area contributed by atoms with Crippen LogP contribution in [0.25, 0.3) is 0 Å². The summed E-state index contributed by atoms with van der Waals surface area (Å²) in [6.45, 7) is -0.343. The Hall–Kier alpha value is -2.86. The molecule has 6 nitrogen and oxygen atoms in total. The highest BCUT2D eigenvalue weighted by atomic mass is 35.5. The lowest BCUT2D eigenvalue weighted by atomic mass is 10.0. The van der Waals surface area contributed by atoms with Crippen LogP contribution in [0.4, 0.5) is 0 Å². The number of ether oxygens (including phenoxy) is 1. The van der Waals surface area contributed by atoms with Gasteiger partial charge in [-0.1, -0.05) is 35.9 Å². The molecule has 0 unspecified atom stereocenters. The van der Waals surface area contributed by atoms with Gasteiger partial charge in [-0.2, -0.15) is 5.10 Å². The summed E-state index contributed by atoms with van der Waals surface area (Å²) < 4.78 is 10.7. The summed E-state index contributed by atoms with van der Waals surface area (Å²) in [6.07, 6.45) is 8.38. The first-order valence-electron chi connectivity index (χ1n) is 9.61. The van der Waals surface area contributed by atoms with E-state index in [1.807, 2.05) is 24.3 Å². The summed E-state index contributed by atoms with van der Waals surface area (Å²) in [5.74, 6) is 0.0829. The van der Waals surface area contributed by atoms with Crippen LogP contribution in [0, 0.1) is 5.92 Å². The van der Waals surface area contributed by atoms with Crippen molar-refractivity contribution in [1.82, 2.24) is 5.01 Å². The van der Waals surface area contributed by atoms with Crippen molar-refractivity contribution in [2.24, 2.45) is 11.0 Å². The van der Waals surface area contributed by atoms with Gasteiger partial charge in [-0.15, -0.1) is 0 Å². The molecule has 0 bridgehead atoms. The van der Waals surface area contributed by atoms with Crippen molar-refractivity contribution in [2.75, 3.05) is 6.61 Å². The van der Waals surface area contributed by atoms with Crippen molar-refractivity contribution in [3.05, 3.63) is 71.2 Å². The van der Waals surface area contributed by atoms with Crippen LogP contribution in [0.15, 0.2) is 64.3 Å². The smallest absolute Gasteiger partial charge is 0.306 e. The first kappa shape index (κ1) is 19.5. The topological polar surface area (TPSA) is 72.1 Å². The first-order chi connectivity index (χ1) is 14.1. The lowest BCUT2D eigenvalue weighted by Crippen LogP contribution is -2.31. The normalized spacial score (nSPS) is 20.7. The summed E-state index contributed by atoms with van der Waals surface area (Å²) in [6, 6.07) is 10.5. The Bertz CT molecular complexity index is 934. The molecule has 0 fully saturated rings. The van der Waals surface area contributed by atoms with Gasteiger partial charge in [0.2, 0.25) is 0 Å². The van der Waals surface area contributed by atoms with Crippen LogP contribution in [-0.4, -0.2) is 29.2 Å². The Morgan fingerprint density at radius 1 is 1.24 bits per heavy atom. The molecule has 0 saturated carbocycles. The molecule has 0 saturated heterocycles. The number of rotatable bonds is 6. The summed E-state index contributed by atoms with van der Waals surface area (Å²) >= 11 is 5.97. The monoisotopic (exact) mass is 412 g/mol. The zero-order valence-corrected chi connectivity index (χ0v) is 16.5. The fourth-order valence-electron chi connectivity index (χ4n) is 3.61. The van der Waals surface area contributed by atoms with E-state index < -0.39 is 0 Å². The fraction of sp³-hybridized carbons (Fsp3) is 0.318. The van der Waals surface area contributed by atoms with E-state index in [9.17, 15) is 9.59 Å². The Balaban J connectivity index is 1.45. The molecule has 7 heteroatoms. The molecule has 1 aliphatic heterocycles. The zero-order chi connectivity index (χ0) is 20.2. The van der Waals surface area contributed by atoms with Crippen molar-refractivity contribution in [2.45, 2.75) is 31.7 Å². The summed E-state index contributed by atoms with van der Waals surface area (Å²) in [7, 11) is 0. The van der Waals surface area contributed by atoms with E-state index in [1.54, 1.807) is 24.5 Å². The van der Waals surface area contributed by atoms with Crippen LogP contribution in [0.3, 0.4) is 0 Å². The second kappa shape index (κ2) is 8.66. The molecule has 2 atom stereocenters. The highest BCUT2D eigenvalue weighted by molar-refractivity contribution is 6.30. The second-order valence-electron chi connectivity index (χ2n) is 7.16. The molecular weight excluding hydrogens is 392 g/mol. The number of carbonyl (C=O) groups excluding carboxylic acids is 2. The molecule has 1 aliphatic carbocycles. The Morgan fingerprint density at radius 2 is 2.07 bits per heavy atom. The third-order valence-electron chi connectivity index (χ3n) is 5.11. The standard InChI is InChI=1S/C22H21ClN2O4/c23-17-9-7-16(8-10-17)18-13-19(20-6-3-11-28-20)25(24-18)21(26)14-29-22(27)12-15-4-1-2-5-15/h1,3-4,6-11,15,19H,2,5,12-14H2/t15-,19+/m1/s1. The molecule has 2 aromatic rings. The third-order valence-corrected chi connectivity index (χ3v) is 5.36. The number of carbonyl (C=O) groups is 2. The molecule has 0 N–H and O–H groups in total. The summed E-state index contributed by atoms with van der Waals surface area (Å²) in [5.41, 5.74) is 1.63. The number of benzene rings is 1.